The first-order valence-corrected chi connectivity index (χ1v) is 5.73. The lowest BCUT2D eigenvalue weighted by atomic mass is 10.2. The molecule has 0 heterocycles. The van der Waals surface area contributed by atoms with E-state index in [1.807, 2.05) is 0 Å². The van der Waals surface area contributed by atoms with Crippen LogP contribution in [0.2, 0.25) is 0 Å². The average Bonchev–Trinajstić information content (AvgIpc) is 3.04. The lowest BCUT2D eigenvalue weighted by Crippen LogP contribution is -2.10. The monoisotopic (exact) mass is 205 g/mol. The van der Waals surface area contributed by atoms with Gasteiger partial charge in [-0.05, 0) is 37.8 Å². The number of aryl methyl sites for hydroxylation is 1. The highest BCUT2D eigenvalue weighted by Crippen LogP contribution is 2.28. The highest BCUT2D eigenvalue weighted by atomic mass is 16.5. The molecule has 0 saturated heterocycles. The summed E-state index contributed by atoms with van der Waals surface area (Å²) in [6, 6.07) is 8.45. The minimum absolute atomic E-state index is 0.810. The first-order chi connectivity index (χ1) is 7.34. The van der Waals surface area contributed by atoms with E-state index in [2.05, 4.69) is 36.5 Å². The van der Waals surface area contributed by atoms with Crippen molar-refractivity contribution < 1.29 is 4.74 Å². The number of ether oxygens (including phenoxy) is 1. The first-order valence-electron chi connectivity index (χ1n) is 5.73. The van der Waals surface area contributed by atoms with Crippen LogP contribution in [-0.2, 0) is 4.74 Å². The van der Waals surface area contributed by atoms with Crippen molar-refractivity contribution >= 4 is 5.69 Å². The van der Waals surface area contributed by atoms with Crippen LogP contribution in [0.5, 0.6) is 0 Å². The fourth-order valence-corrected chi connectivity index (χ4v) is 1.47. The van der Waals surface area contributed by atoms with Gasteiger partial charge in [-0.2, -0.15) is 0 Å². The molecule has 82 valence electrons. The van der Waals surface area contributed by atoms with E-state index in [4.69, 9.17) is 4.74 Å². The van der Waals surface area contributed by atoms with Crippen molar-refractivity contribution in [2.45, 2.75) is 19.8 Å². The van der Waals surface area contributed by atoms with Crippen LogP contribution in [-0.4, -0.2) is 19.8 Å². The van der Waals surface area contributed by atoms with Crippen molar-refractivity contribution in [3.05, 3.63) is 29.8 Å². The van der Waals surface area contributed by atoms with Gasteiger partial charge in [-0.15, -0.1) is 0 Å². The zero-order valence-electron chi connectivity index (χ0n) is 9.33. The SMILES string of the molecule is Cc1ccc(NCCOCC2CC2)cc1. The topological polar surface area (TPSA) is 21.3 Å². The summed E-state index contributed by atoms with van der Waals surface area (Å²) in [6.45, 7) is 4.76. The summed E-state index contributed by atoms with van der Waals surface area (Å²) in [5, 5.41) is 3.34. The lowest BCUT2D eigenvalue weighted by molar-refractivity contribution is 0.134. The molecule has 0 aliphatic heterocycles. The normalized spacial score (nSPS) is 15.3. The van der Waals surface area contributed by atoms with Gasteiger partial charge in [0, 0.05) is 18.8 Å². The zero-order valence-corrected chi connectivity index (χ0v) is 9.33. The standard InChI is InChI=1S/C13H19NO/c1-11-2-6-13(7-3-11)14-8-9-15-10-12-4-5-12/h2-3,6-7,12,14H,4-5,8-10H2,1H3. The molecule has 1 saturated carbocycles. The van der Waals surface area contributed by atoms with Gasteiger partial charge in [0.05, 0.1) is 6.61 Å². The van der Waals surface area contributed by atoms with E-state index in [1.165, 1.54) is 24.1 Å². The van der Waals surface area contributed by atoms with Gasteiger partial charge in [-0.1, -0.05) is 17.7 Å². The second-order valence-electron chi connectivity index (χ2n) is 4.31. The Morgan fingerprint density at radius 2 is 2.00 bits per heavy atom. The minimum atomic E-state index is 0.810. The van der Waals surface area contributed by atoms with Crippen LogP contribution in [0, 0.1) is 12.8 Å². The van der Waals surface area contributed by atoms with E-state index >= 15 is 0 Å². The summed E-state index contributed by atoms with van der Waals surface area (Å²) < 4.78 is 5.54. The predicted molar refractivity (Wildman–Crippen MR) is 63.2 cm³/mol. The van der Waals surface area contributed by atoms with Crippen LogP contribution in [0.1, 0.15) is 18.4 Å². The third-order valence-electron chi connectivity index (χ3n) is 2.68. The fraction of sp³-hybridized carbons (Fsp3) is 0.538. The van der Waals surface area contributed by atoms with E-state index in [1.54, 1.807) is 0 Å². The van der Waals surface area contributed by atoms with Crippen LogP contribution >= 0.6 is 0 Å². The van der Waals surface area contributed by atoms with Gasteiger partial charge in [-0.3, -0.25) is 0 Å². The average molecular weight is 205 g/mol. The summed E-state index contributed by atoms with van der Waals surface area (Å²) >= 11 is 0. The highest BCUT2D eigenvalue weighted by molar-refractivity contribution is 5.44. The molecule has 15 heavy (non-hydrogen) atoms. The van der Waals surface area contributed by atoms with Crippen LogP contribution in [0.25, 0.3) is 0 Å². The molecule has 2 heteroatoms. The molecule has 1 aromatic carbocycles. The Kier molecular flexibility index (Phi) is 3.62. The molecular weight excluding hydrogens is 186 g/mol. The molecule has 1 N–H and O–H groups in total. The van der Waals surface area contributed by atoms with Gasteiger partial charge in [0.2, 0.25) is 0 Å². The van der Waals surface area contributed by atoms with Crippen molar-refractivity contribution in [3.8, 4) is 0 Å². The highest BCUT2D eigenvalue weighted by Gasteiger charge is 2.20. The smallest absolute Gasteiger partial charge is 0.0639 e. The maximum absolute atomic E-state index is 5.54. The van der Waals surface area contributed by atoms with Gasteiger partial charge < -0.3 is 10.1 Å². The molecule has 2 nitrogen and oxygen atoms in total. The number of nitrogens with one attached hydrogen (secondary N) is 1. The lowest BCUT2D eigenvalue weighted by Gasteiger charge is -2.07. The number of anilines is 1. The minimum Gasteiger partial charge on any atom is -0.383 e. The number of hydrogen-bond acceptors (Lipinski definition) is 2. The molecule has 1 aliphatic rings. The van der Waals surface area contributed by atoms with Gasteiger partial charge >= 0.3 is 0 Å². The van der Waals surface area contributed by atoms with Gasteiger partial charge in [-0.25, -0.2) is 0 Å². The molecular formula is C13H19NO. The van der Waals surface area contributed by atoms with Crippen LogP contribution in [0.4, 0.5) is 5.69 Å². The Hall–Kier alpha value is -1.02. The van der Waals surface area contributed by atoms with E-state index < -0.39 is 0 Å². The summed E-state index contributed by atoms with van der Waals surface area (Å²) in [4.78, 5) is 0. The van der Waals surface area contributed by atoms with Crippen molar-refractivity contribution in [2.24, 2.45) is 5.92 Å². The Bertz CT molecular complexity index is 290. The molecule has 1 fully saturated rings. The van der Waals surface area contributed by atoms with Crippen molar-refractivity contribution in [2.75, 3.05) is 25.1 Å². The molecule has 0 aromatic heterocycles. The maximum Gasteiger partial charge on any atom is 0.0639 e. The summed E-state index contributed by atoms with van der Waals surface area (Å²) in [6.07, 6.45) is 2.73. The van der Waals surface area contributed by atoms with E-state index in [9.17, 15) is 0 Å². The van der Waals surface area contributed by atoms with Crippen LogP contribution < -0.4 is 5.32 Å². The zero-order chi connectivity index (χ0) is 10.5. The molecule has 0 spiro atoms. The Labute approximate surface area is 91.6 Å². The molecule has 1 aromatic rings. The second kappa shape index (κ2) is 5.17. The Morgan fingerprint density at radius 1 is 1.27 bits per heavy atom. The quantitative estimate of drug-likeness (QED) is 0.721. The van der Waals surface area contributed by atoms with Crippen molar-refractivity contribution in [1.82, 2.24) is 0 Å². The fourth-order valence-electron chi connectivity index (χ4n) is 1.47. The van der Waals surface area contributed by atoms with E-state index in [-0.39, 0.29) is 0 Å². The third-order valence-corrected chi connectivity index (χ3v) is 2.68. The van der Waals surface area contributed by atoms with Crippen molar-refractivity contribution in [1.29, 1.82) is 0 Å². The maximum atomic E-state index is 5.54. The number of rotatable bonds is 6. The largest absolute Gasteiger partial charge is 0.383 e. The van der Waals surface area contributed by atoms with Gasteiger partial charge in [0.1, 0.15) is 0 Å². The molecule has 0 radical (unpaired) electrons. The van der Waals surface area contributed by atoms with E-state index in [0.717, 1.165) is 25.7 Å². The molecule has 1 aliphatic carbocycles. The predicted octanol–water partition coefficient (Wildman–Crippen LogP) is 2.83. The molecule has 0 bridgehead atoms. The van der Waals surface area contributed by atoms with Gasteiger partial charge in [0.15, 0.2) is 0 Å². The number of benzene rings is 1. The summed E-state index contributed by atoms with van der Waals surface area (Å²) in [5.41, 5.74) is 2.47. The first kappa shape index (κ1) is 10.5. The summed E-state index contributed by atoms with van der Waals surface area (Å²) in [5.74, 6) is 0.865. The van der Waals surface area contributed by atoms with Crippen LogP contribution in [0.3, 0.4) is 0 Å². The van der Waals surface area contributed by atoms with Crippen LogP contribution in [0.15, 0.2) is 24.3 Å². The molecule has 0 unspecified atom stereocenters. The molecule has 0 atom stereocenters. The third kappa shape index (κ3) is 3.92. The number of hydrogen-bond donors (Lipinski definition) is 1. The van der Waals surface area contributed by atoms with Crippen molar-refractivity contribution in [3.63, 3.8) is 0 Å². The Balaban J connectivity index is 1.58. The Morgan fingerprint density at radius 3 is 2.67 bits per heavy atom. The second-order valence-corrected chi connectivity index (χ2v) is 4.31. The van der Waals surface area contributed by atoms with E-state index in [0.29, 0.717) is 0 Å². The molecule has 0 amide bonds. The van der Waals surface area contributed by atoms with Gasteiger partial charge in [0.25, 0.3) is 0 Å². The summed E-state index contributed by atoms with van der Waals surface area (Å²) in [7, 11) is 0. The molecule has 2 rings (SSSR count).